The molecule has 2 aromatic heterocycles. The fraction of sp³-hybridized carbons (Fsp3) is 0.355. The molecule has 1 aliphatic carbocycles. The molecular formula is C31H33ClIN3O3Si. The van der Waals surface area contributed by atoms with Crippen molar-refractivity contribution in [2.75, 3.05) is 6.61 Å². The summed E-state index contributed by atoms with van der Waals surface area (Å²) in [6.45, 7) is 11.3. The van der Waals surface area contributed by atoms with Crippen LogP contribution in [0.15, 0.2) is 88.4 Å². The molecule has 0 bridgehead atoms. The number of benzene rings is 2. The number of fused-ring (bicyclic) bond motifs is 2. The molecule has 3 heterocycles. The lowest BCUT2D eigenvalue weighted by molar-refractivity contribution is -0.148. The van der Waals surface area contributed by atoms with Crippen LogP contribution in [0, 0.1) is 0 Å². The van der Waals surface area contributed by atoms with E-state index in [4.69, 9.17) is 25.5 Å². The molecule has 2 aliphatic rings. The first-order chi connectivity index (χ1) is 19.0. The molecule has 9 heteroatoms. The van der Waals surface area contributed by atoms with Gasteiger partial charge in [-0.3, -0.25) is 0 Å². The molecule has 40 heavy (non-hydrogen) atoms. The smallest absolute Gasteiger partial charge is 0.261 e. The number of aromatic nitrogens is 3. The Hall–Kier alpha value is -2.08. The van der Waals surface area contributed by atoms with Crippen LogP contribution >= 0.6 is 34.2 Å². The van der Waals surface area contributed by atoms with E-state index in [1.165, 1.54) is 16.7 Å². The van der Waals surface area contributed by atoms with Crippen molar-refractivity contribution in [3.63, 3.8) is 0 Å². The van der Waals surface area contributed by atoms with Gasteiger partial charge in [-0.05, 0) is 63.5 Å². The highest BCUT2D eigenvalue weighted by atomic mass is 127. The van der Waals surface area contributed by atoms with Gasteiger partial charge in [-0.1, -0.05) is 93.0 Å². The van der Waals surface area contributed by atoms with Gasteiger partial charge < -0.3 is 18.5 Å². The Bertz CT molecular complexity index is 1530. The van der Waals surface area contributed by atoms with E-state index in [0.717, 1.165) is 20.2 Å². The van der Waals surface area contributed by atoms with Gasteiger partial charge in [0.05, 0.1) is 18.0 Å². The van der Waals surface area contributed by atoms with Crippen molar-refractivity contribution >= 4 is 63.9 Å². The fourth-order valence-corrected chi connectivity index (χ4v) is 12.1. The summed E-state index contributed by atoms with van der Waals surface area (Å²) in [5.74, 6) is -0.719. The van der Waals surface area contributed by atoms with Crippen LogP contribution in [0.5, 0.6) is 0 Å². The Morgan fingerprint density at radius 2 is 1.60 bits per heavy atom. The van der Waals surface area contributed by atoms with Gasteiger partial charge in [0, 0.05) is 9.78 Å². The van der Waals surface area contributed by atoms with E-state index >= 15 is 0 Å². The van der Waals surface area contributed by atoms with Crippen LogP contribution in [0.1, 0.15) is 40.7 Å². The lowest BCUT2D eigenvalue weighted by Crippen LogP contribution is -2.66. The summed E-state index contributed by atoms with van der Waals surface area (Å²) in [5, 5.41) is 3.64. The topological polar surface area (TPSA) is 58.4 Å². The Kier molecular flexibility index (Phi) is 7.24. The van der Waals surface area contributed by atoms with Crippen molar-refractivity contribution in [1.29, 1.82) is 0 Å². The van der Waals surface area contributed by atoms with Crippen LogP contribution in [0.3, 0.4) is 0 Å². The zero-order valence-electron chi connectivity index (χ0n) is 23.3. The zero-order valence-corrected chi connectivity index (χ0v) is 27.2. The highest BCUT2D eigenvalue weighted by Gasteiger charge is 2.55. The van der Waals surface area contributed by atoms with Gasteiger partial charge in [0.15, 0.2) is 5.79 Å². The van der Waals surface area contributed by atoms with Crippen molar-refractivity contribution in [2.45, 2.75) is 63.7 Å². The number of hydrogen-bond acceptors (Lipinski definition) is 5. The fourth-order valence-electron chi connectivity index (χ4n) is 6.30. The molecule has 1 saturated heterocycles. The Morgan fingerprint density at radius 3 is 2.20 bits per heavy atom. The molecule has 1 fully saturated rings. The van der Waals surface area contributed by atoms with Gasteiger partial charge in [0.2, 0.25) is 0 Å². The number of hydrogen-bond donors (Lipinski definition) is 0. The maximum atomic E-state index is 7.35. The monoisotopic (exact) mass is 685 g/mol. The second-order valence-electron chi connectivity index (χ2n) is 11.9. The van der Waals surface area contributed by atoms with E-state index in [-0.39, 0.29) is 23.3 Å². The number of rotatable bonds is 6. The summed E-state index contributed by atoms with van der Waals surface area (Å²) in [4.78, 5) is 8.74. The van der Waals surface area contributed by atoms with Crippen molar-refractivity contribution in [2.24, 2.45) is 0 Å². The van der Waals surface area contributed by atoms with Crippen LogP contribution in [0.25, 0.3) is 11.0 Å². The van der Waals surface area contributed by atoms with E-state index < -0.39 is 14.1 Å². The second kappa shape index (κ2) is 10.3. The van der Waals surface area contributed by atoms with Gasteiger partial charge in [-0.15, -0.1) is 0 Å². The minimum atomic E-state index is -2.74. The molecule has 2 aromatic carbocycles. The lowest BCUT2D eigenvalue weighted by atomic mass is 10.1. The molecule has 1 aliphatic heterocycles. The van der Waals surface area contributed by atoms with E-state index in [9.17, 15) is 0 Å². The Labute approximate surface area is 255 Å². The lowest BCUT2D eigenvalue weighted by Gasteiger charge is -2.43. The first-order valence-corrected chi connectivity index (χ1v) is 16.9. The van der Waals surface area contributed by atoms with Gasteiger partial charge in [-0.2, -0.15) is 0 Å². The maximum absolute atomic E-state index is 7.35. The molecule has 4 aromatic rings. The summed E-state index contributed by atoms with van der Waals surface area (Å²) in [6, 6.07) is 23.3. The predicted octanol–water partition coefficient (Wildman–Crippen LogP) is 6.43. The summed E-state index contributed by atoms with van der Waals surface area (Å²) in [5.41, 5.74) is 1.90. The average Bonchev–Trinajstić information content (AvgIpc) is 3.55. The van der Waals surface area contributed by atoms with Crippen LogP contribution in [0.2, 0.25) is 10.2 Å². The Balaban J connectivity index is 1.46. The summed E-state index contributed by atoms with van der Waals surface area (Å²) in [6.07, 6.45) is 3.07. The van der Waals surface area contributed by atoms with Crippen molar-refractivity contribution in [3.8, 4) is 0 Å². The molecule has 0 unspecified atom stereocenters. The summed E-state index contributed by atoms with van der Waals surface area (Å²) in [7, 11) is -2.74. The van der Waals surface area contributed by atoms with Crippen molar-refractivity contribution in [1.82, 2.24) is 14.5 Å². The third-order valence-electron chi connectivity index (χ3n) is 7.97. The van der Waals surface area contributed by atoms with E-state index in [1.54, 1.807) is 0 Å². The minimum Gasteiger partial charge on any atom is -0.403 e. The van der Waals surface area contributed by atoms with Gasteiger partial charge in [0.1, 0.15) is 29.3 Å². The van der Waals surface area contributed by atoms with Crippen LogP contribution in [0.4, 0.5) is 0 Å². The van der Waals surface area contributed by atoms with Crippen LogP contribution in [-0.4, -0.2) is 47.5 Å². The molecule has 0 spiro atoms. The van der Waals surface area contributed by atoms with Gasteiger partial charge >= 0.3 is 0 Å². The zero-order chi connectivity index (χ0) is 28.3. The average molecular weight is 686 g/mol. The summed E-state index contributed by atoms with van der Waals surface area (Å²) < 4.78 is 23.8. The van der Waals surface area contributed by atoms with Crippen molar-refractivity contribution in [3.05, 3.63) is 93.6 Å². The van der Waals surface area contributed by atoms with E-state index in [1.807, 2.05) is 26.1 Å². The molecule has 0 radical (unpaired) electrons. The molecule has 0 N–H and O–H groups in total. The Morgan fingerprint density at radius 1 is 0.975 bits per heavy atom. The number of nitrogens with zero attached hydrogens (tertiary/aromatic N) is 3. The third kappa shape index (κ3) is 4.57. The van der Waals surface area contributed by atoms with Crippen molar-refractivity contribution < 1.29 is 13.9 Å². The highest BCUT2D eigenvalue weighted by Crippen LogP contribution is 2.51. The van der Waals surface area contributed by atoms with E-state index in [2.05, 4.69) is 119 Å². The molecule has 3 atom stereocenters. The highest BCUT2D eigenvalue weighted by molar-refractivity contribution is 14.1. The SMILES string of the molecule is CC1(C)O[C@@H]2[C@H](O1)C(CO[Si](c1ccccc1)(c1ccccc1)C(C)(C)C)=C(I)[C@H]2n1ccc2c(Cl)ncnc21. The molecular weight excluding hydrogens is 653 g/mol. The van der Waals surface area contributed by atoms with Gasteiger partial charge in [0.25, 0.3) is 8.32 Å². The molecule has 0 amide bonds. The van der Waals surface area contributed by atoms with Crippen LogP contribution in [-0.2, 0) is 13.9 Å². The normalized spacial score (nSPS) is 22.7. The van der Waals surface area contributed by atoms with Gasteiger partial charge in [-0.25, -0.2) is 9.97 Å². The molecule has 6 nitrogen and oxygen atoms in total. The quantitative estimate of drug-likeness (QED) is 0.133. The largest absolute Gasteiger partial charge is 0.403 e. The van der Waals surface area contributed by atoms with E-state index in [0.29, 0.717) is 11.8 Å². The first kappa shape index (κ1) is 28.1. The second-order valence-corrected chi connectivity index (χ2v) is 17.7. The maximum Gasteiger partial charge on any atom is 0.261 e. The number of halogens is 2. The molecule has 6 rings (SSSR count). The summed E-state index contributed by atoms with van der Waals surface area (Å²) >= 11 is 8.87. The predicted molar refractivity (Wildman–Crippen MR) is 170 cm³/mol. The first-order valence-electron chi connectivity index (χ1n) is 13.5. The molecule has 208 valence electrons. The third-order valence-corrected chi connectivity index (χ3v) is 14.6. The standard InChI is InChI=1S/C31H33ClIN3O3Si/c1-30(2,3)40(20-12-8-6-9-13-20,21-14-10-7-11-15-21)37-18-23-24(33)25(27-26(23)38-31(4,5)39-27)36-17-16-22-28(32)34-19-35-29(22)36/h6-17,19,25-27H,18H2,1-5H3/t25-,26-,27+/m1/s1. The minimum absolute atomic E-state index is 0.117. The number of ether oxygens (including phenoxy) is 2. The molecule has 0 saturated carbocycles. The van der Waals surface area contributed by atoms with Crippen LogP contribution < -0.4 is 10.4 Å².